The van der Waals surface area contributed by atoms with Gasteiger partial charge in [-0.1, -0.05) is 38.5 Å². The van der Waals surface area contributed by atoms with E-state index in [0.29, 0.717) is 0 Å². The van der Waals surface area contributed by atoms with Crippen LogP contribution in [-0.2, 0) is 0 Å². The molecular weight excluding hydrogens is 208 g/mol. The Hall–Kier alpha value is -0.660. The van der Waals surface area contributed by atoms with Crippen LogP contribution in [0.15, 0.2) is 12.4 Å². The summed E-state index contributed by atoms with van der Waals surface area (Å²) < 4.78 is 0. The van der Waals surface area contributed by atoms with Gasteiger partial charge in [-0.15, -0.1) is 0 Å². The van der Waals surface area contributed by atoms with Gasteiger partial charge in [0.1, 0.15) is 0 Å². The molecule has 0 unspecified atom stereocenters. The van der Waals surface area contributed by atoms with Crippen molar-refractivity contribution in [2.75, 3.05) is 0 Å². The highest BCUT2D eigenvalue weighted by Crippen LogP contribution is 2.31. The van der Waals surface area contributed by atoms with E-state index in [1.807, 2.05) is 0 Å². The molecule has 0 atom stereocenters. The molecule has 0 N–H and O–H groups in total. The van der Waals surface area contributed by atoms with E-state index in [9.17, 15) is 0 Å². The first-order valence-electron chi connectivity index (χ1n) is 7.45. The van der Waals surface area contributed by atoms with Gasteiger partial charge in [0.05, 0.1) is 0 Å². The highest BCUT2D eigenvalue weighted by molar-refractivity contribution is 5.03. The van der Waals surface area contributed by atoms with Crippen LogP contribution in [-0.4, -0.2) is 21.9 Å². The standard InChI is InChI=1S/C15H24N2/c1-3-7-14(8-4-1)16-11-12-17(13-16)15-9-5-2-6-10-15/h11-12,14-15H,1-10H2. The van der Waals surface area contributed by atoms with E-state index in [1.54, 1.807) is 0 Å². The summed E-state index contributed by atoms with van der Waals surface area (Å²) >= 11 is 0. The maximum atomic E-state index is 3.59. The average molecular weight is 232 g/mol. The van der Waals surface area contributed by atoms with Gasteiger partial charge in [0.25, 0.3) is 0 Å². The molecule has 2 heteroatoms. The molecule has 2 fully saturated rings. The van der Waals surface area contributed by atoms with Crippen LogP contribution in [0.5, 0.6) is 0 Å². The van der Waals surface area contributed by atoms with Crippen LogP contribution in [0, 0.1) is 6.67 Å². The van der Waals surface area contributed by atoms with E-state index >= 15 is 0 Å². The molecule has 0 bridgehead atoms. The molecule has 0 aromatic heterocycles. The Balaban J connectivity index is 1.52. The first-order chi connectivity index (χ1) is 8.43. The molecule has 3 rings (SSSR count). The van der Waals surface area contributed by atoms with E-state index in [2.05, 4.69) is 28.9 Å². The van der Waals surface area contributed by atoms with Crippen LogP contribution >= 0.6 is 0 Å². The quantitative estimate of drug-likeness (QED) is 0.715. The number of hydrogen-bond acceptors (Lipinski definition) is 2. The minimum absolute atomic E-state index is 0.730. The second-order valence-electron chi connectivity index (χ2n) is 5.80. The Bertz CT molecular complexity index is 236. The average Bonchev–Trinajstić information content (AvgIpc) is 2.90. The lowest BCUT2D eigenvalue weighted by Crippen LogP contribution is -2.35. The van der Waals surface area contributed by atoms with E-state index in [-0.39, 0.29) is 0 Å². The smallest absolute Gasteiger partial charge is 0.208 e. The Morgan fingerprint density at radius 3 is 1.47 bits per heavy atom. The van der Waals surface area contributed by atoms with E-state index < -0.39 is 0 Å². The van der Waals surface area contributed by atoms with Gasteiger partial charge >= 0.3 is 0 Å². The van der Waals surface area contributed by atoms with Crippen molar-refractivity contribution in [3.05, 3.63) is 19.1 Å². The summed E-state index contributed by atoms with van der Waals surface area (Å²) in [6.07, 6.45) is 18.4. The van der Waals surface area contributed by atoms with Crippen LogP contribution in [0.4, 0.5) is 0 Å². The van der Waals surface area contributed by atoms with Gasteiger partial charge in [0, 0.05) is 24.5 Å². The lowest BCUT2D eigenvalue weighted by atomic mass is 9.94. The lowest BCUT2D eigenvalue weighted by molar-refractivity contribution is 0.184. The fourth-order valence-corrected chi connectivity index (χ4v) is 3.47. The molecule has 0 amide bonds. The fraction of sp³-hybridized carbons (Fsp3) is 0.800. The Labute approximate surface area is 106 Å². The maximum absolute atomic E-state index is 3.59. The third-order valence-corrected chi connectivity index (χ3v) is 4.55. The van der Waals surface area contributed by atoms with Crippen LogP contribution in [0.25, 0.3) is 0 Å². The first-order valence-corrected chi connectivity index (χ1v) is 7.45. The van der Waals surface area contributed by atoms with E-state index in [4.69, 9.17) is 0 Å². The van der Waals surface area contributed by atoms with Gasteiger partial charge in [-0.05, 0) is 25.7 Å². The van der Waals surface area contributed by atoms with Crippen LogP contribution in [0.3, 0.4) is 0 Å². The van der Waals surface area contributed by atoms with Gasteiger partial charge in [-0.25, -0.2) is 0 Å². The summed E-state index contributed by atoms with van der Waals surface area (Å²) in [5.41, 5.74) is 0. The zero-order valence-electron chi connectivity index (χ0n) is 10.8. The van der Waals surface area contributed by atoms with Crippen molar-refractivity contribution < 1.29 is 0 Å². The third-order valence-electron chi connectivity index (χ3n) is 4.55. The van der Waals surface area contributed by atoms with Crippen molar-refractivity contribution >= 4 is 0 Å². The molecule has 1 aliphatic heterocycles. The zero-order valence-corrected chi connectivity index (χ0v) is 10.8. The van der Waals surface area contributed by atoms with Gasteiger partial charge in [0.15, 0.2) is 0 Å². The summed E-state index contributed by atoms with van der Waals surface area (Å²) in [4.78, 5) is 4.71. The normalized spacial score (nSPS) is 28.0. The van der Waals surface area contributed by atoms with Gasteiger partial charge in [-0.3, -0.25) is 0 Å². The van der Waals surface area contributed by atoms with Crippen LogP contribution < -0.4 is 0 Å². The van der Waals surface area contributed by atoms with Gasteiger partial charge in [0.2, 0.25) is 6.67 Å². The van der Waals surface area contributed by atoms with E-state index in [1.165, 1.54) is 64.2 Å². The predicted molar refractivity (Wildman–Crippen MR) is 69.8 cm³/mol. The molecule has 3 aliphatic rings. The number of nitrogens with zero attached hydrogens (tertiary/aromatic N) is 2. The highest BCUT2D eigenvalue weighted by atomic mass is 15.4. The minimum Gasteiger partial charge on any atom is -0.343 e. The molecule has 2 aliphatic carbocycles. The maximum Gasteiger partial charge on any atom is 0.208 e. The summed E-state index contributed by atoms with van der Waals surface area (Å²) in [5, 5.41) is 0. The molecular formula is C15H24N2. The van der Waals surface area contributed by atoms with E-state index in [0.717, 1.165) is 12.1 Å². The number of rotatable bonds is 2. The summed E-state index contributed by atoms with van der Waals surface area (Å²) in [7, 11) is 0. The SMILES string of the molecule is [C]1N(C2CCCCC2)C=CN1C1CCCCC1. The molecule has 0 aromatic carbocycles. The molecule has 17 heavy (non-hydrogen) atoms. The lowest BCUT2D eigenvalue weighted by Gasteiger charge is -2.34. The molecule has 0 aromatic rings. The van der Waals surface area contributed by atoms with Crippen molar-refractivity contribution in [1.29, 1.82) is 0 Å². The molecule has 1 heterocycles. The van der Waals surface area contributed by atoms with Crippen molar-refractivity contribution in [3.63, 3.8) is 0 Å². The van der Waals surface area contributed by atoms with Gasteiger partial charge < -0.3 is 9.80 Å². The summed E-state index contributed by atoms with van der Waals surface area (Å²) in [6, 6.07) is 1.46. The second-order valence-corrected chi connectivity index (χ2v) is 5.80. The fourth-order valence-electron chi connectivity index (χ4n) is 3.47. The Morgan fingerprint density at radius 1 is 0.647 bits per heavy atom. The molecule has 0 saturated heterocycles. The molecule has 2 saturated carbocycles. The van der Waals surface area contributed by atoms with Crippen molar-refractivity contribution in [3.8, 4) is 0 Å². The molecule has 94 valence electrons. The van der Waals surface area contributed by atoms with Crippen LogP contribution in [0.1, 0.15) is 64.2 Å². The van der Waals surface area contributed by atoms with Crippen LogP contribution in [0.2, 0.25) is 0 Å². The van der Waals surface area contributed by atoms with Crippen molar-refractivity contribution in [2.24, 2.45) is 0 Å². The van der Waals surface area contributed by atoms with Gasteiger partial charge in [-0.2, -0.15) is 0 Å². The van der Waals surface area contributed by atoms with Crippen molar-refractivity contribution in [1.82, 2.24) is 9.80 Å². The second kappa shape index (κ2) is 5.32. The topological polar surface area (TPSA) is 6.48 Å². The van der Waals surface area contributed by atoms with Crippen molar-refractivity contribution in [2.45, 2.75) is 76.3 Å². The highest BCUT2D eigenvalue weighted by Gasteiger charge is 2.28. The molecule has 0 spiro atoms. The predicted octanol–water partition coefficient (Wildman–Crippen LogP) is 3.74. The summed E-state index contributed by atoms with van der Waals surface area (Å²) in [6.45, 7) is 3.59. The summed E-state index contributed by atoms with van der Waals surface area (Å²) in [5.74, 6) is 0. The first kappa shape index (κ1) is 11.4. The number of hydrogen-bond donors (Lipinski definition) is 0. The minimum atomic E-state index is 0.730. The zero-order chi connectivity index (χ0) is 11.5. The Kier molecular flexibility index (Phi) is 3.58. The largest absolute Gasteiger partial charge is 0.343 e. The Morgan fingerprint density at radius 2 is 1.06 bits per heavy atom. The third kappa shape index (κ3) is 2.61. The molecule has 2 nitrogen and oxygen atoms in total. The molecule has 2 radical (unpaired) electrons. The monoisotopic (exact) mass is 232 g/mol.